The Morgan fingerprint density at radius 2 is 0.582 bits per heavy atom. The van der Waals surface area contributed by atoms with Gasteiger partial charge in [-0.25, -0.2) is 0 Å². The topological polar surface area (TPSA) is 78.9 Å². The Morgan fingerprint density at radius 1 is 0.313 bits per heavy atom. The van der Waals surface area contributed by atoms with Gasteiger partial charge in [0.25, 0.3) is 0 Å². The molecule has 6 nitrogen and oxygen atoms in total. The molecule has 0 aromatic heterocycles. The summed E-state index contributed by atoms with van der Waals surface area (Å²) in [5, 5.41) is 0. The number of unbranched alkanes of at least 4 members (excludes halogenated alkanes) is 31. The molecule has 0 rings (SSSR count). The van der Waals surface area contributed by atoms with Crippen molar-refractivity contribution in [3.8, 4) is 0 Å². The van der Waals surface area contributed by atoms with Crippen LogP contribution in [-0.4, -0.2) is 37.2 Å². The van der Waals surface area contributed by atoms with Gasteiger partial charge in [0.05, 0.1) is 0 Å². The number of ether oxygens (including phenoxy) is 3. The van der Waals surface area contributed by atoms with Crippen LogP contribution in [0.3, 0.4) is 0 Å². The molecule has 6 heteroatoms. The Morgan fingerprint density at radius 3 is 0.940 bits per heavy atom. The van der Waals surface area contributed by atoms with Crippen LogP contribution in [0, 0.1) is 0 Å². The van der Waals surface area contributed by atoms with Gasteiger partial charge in [-0.3, -0.25) is 14.4 Å². The Balaban J connectivity index is 4.37. The average molecular weight is 938 g/mol. The molecule has 0 aliphatic heterocycles. The minimum atomic E-state index is -0.783. The van der Waals surface area contributed by atoms with Crippen molar-refractivity contribution in [2.75, 3.05) is 13.2 Å². The van der Waals surface area contributed by atoms with Gasteiger partial charge in [-0.1, -0.05) is 248 Å². The van der Waals surface area contributed by atoms with E-state index in [4.69, 9.17) is 14.2 Å². The van der Waals surface area contributed by atoms with Crippen LogP contribution in [0.2, 0.25) is 0 Å². The number of esters is 3. The maximum Gasteiger partial charge on any atom is 0.306 e. The second-order valence-electron chi connectivity index (χ2n) is 19.2. The summed E-state index contributed by atoms with van der Waals surface area (Å²) in [6.45, 7) is 6.52. The third kappa shape index (κ3) is 53.9. The summed E-state index contributed by atoms with van der Waals surface area (Å²) < 4.78 is 16.9. The highest BCUT2D eigenvalue weighted by atomic mass is 16.6. The van der Waals surface area contributed by atoms with Crippen molar-refractivity contribution >= 4 is 17.9 Å². The average Bonchev–Trinajstić information content (AvgIpc) is 3.33. The smallest absolute Gasteiger partial charge is 0.306 e. The van der Waals surface area contributed by atoms with Gasteiger partial charge in [-0.05, 0) is 83.5 Å². The van der Waals surface area contributed by atoms with Crippen LogP contribution in [-0.2, 0) is 28.6 Å². The SMILES string of the molecule is CC/C=C\C/C=C\C/C=C\CCCCCCCC(=O)O[C@@H](COC(=O)CCCCCCCCCCC/C=C\C/C=C\CCCCC)COC(=O)CCCCCCCCCCCCCCCCC. The number of carbonyl (C=O) groups excluding carboxylic acids is 3. The van der Waals surface area contributed by atoms with E-state index in [0.29, 0.717) is 19.3 Å². The van der Waals surface area contributed by atoms with Gasteiger partial charge in [-0.2, -0.15) is 0 Å². The van der Waals surface area contributed by atoms with Crippen LogP contribution in [0.25, 0.3) is 0 Å². The number of hydrogen-bond acceptors (Lipinski definition) is 6. The molecule has 0 aromatic carbocycles. The Hall–Kier alpha value is -2.89. The van der Waals surface area contributed by atoms with Crippen LogP contribution in [0.15, 0.2) is 60.8 Å². The molecule has 0 fully saturated rings. The molecule has 0 aliphatic rings. The van der Waals surface area contributed by atoms with Crippen molar-refractivity contribution in [3.63, 3.8) is 0 Å². The number of allylic oxidation sites excluding steroid dienone is 10. The second kappa shape index (κ2) is 55.7. The van der Waals surface area contributed by atoms with Gasteiger partial charge in [-0.15, -0.1) is 0 Å². The van der Waals surface area contributed by atoms with Crippen molar-refractivity contribution in [3.05, 3.63) is 60.8 Å². The lowest BCUT2D eigenvalue weighted by Crippen LogP contribution is -2.30. The highest BCUT2D eigenvalue weighted by Crippen LogP contribution is 2.16. The molecular formula is C61H108O6. The van der Waals surface area contributed by atoms with Crippen LogP contribution in [0.4, 0.5) is 0 Å². The van der Waals surface area contributed by atoms with E-state index in [1.807, 2.05) is 0 Å². The number of rotatable bonds is 52. The van der Waals surface area contributed by atoms with Gasteiger partial charge in [0, 0.05) is 19.3 Å². The van der Waals surface area contributed by atoms with Crippen molar-refractivity contribution in [1.82, 2.24) is 0 Å². The summed E-state index contributed by atoms with van der Waals surface area (Å²) in [7, 11) is 0. The summed E-state index contributed by atoms with van der Waals surface area (Å²) in [5.41, 5.74) is 0. The first-order valence-electron chi connectivity index (χ1n) is 28.8. The zero-order valence-corrected chi connectivity index (χ0v) is 44.4. The first kappa shape index (κ1) is 64.1. The zero-order chi connectivity index (χ0) is 48.6. The molecule has 0 aliphatic carbocycles. The molecule has 388 valence electrons. The lowest BCUT2D eigenvalue weighted by Gasteiger charge is -2.18. The molecular weight excluding hydrogens is 829 g/mol. The van der Waals surface area contributed by atoms with Crippen LogP contribution < -0.4 is 0 Å². The van der Waals surface area contributed by atoms with E-state index in [9.17, 15) is 14.4 Å². The maximum absolute atomic E-state index is 12.8. The van der Waals surface area contributed by atoms with E-state index >= 15 is 0 Å². The molecule has 0 saturated heterocycles. The molecule has 67 heavy (non-hydrogen) atoms. The van der Waals surface area contributed by atoms with E-state index in [2.05, 4.69) is 81.5 Å². The third-order valence-electron chi connectivity index (χ3n) is 12.5. The van der Waals surface area contributed by atoms with E-state index in [0.717, 1.165) is 103 Å². The Kier molecular flexibility index (Phi) is 53.3. The summed E-state index contributed by atoms with van der Waals surface area (Å²) in [5.74, 6) is -0.889. The molecule has 0 bridgehead atoms. The summed E-state index contributed by atoms with van der Waals surface area (Å²) in [4.78, 5) is 38.2. The Labute approximate surface area is 415 Å². The minimum Gasteiger partial charge on any atom is -0.462 e. The molecule has 1 atom stereocenters. The van der Waals surface area contributed by atoms with Gasteiger partial charge < -0.3 is 14.2 Å². The van der Waals surface area contributed by atoms with Gasteiger partial charge in [0.1, 0.15) is 13.2 Å². The lowest BCUT2D eigenvalue weighted by atomic mass is 10.0. The third-order valence-corrected chi connectivity index (χ3v) is 12.5. The molecule has 0 saturated carbocycles. The predicted octanol–water partition coefficient (Wildman–Crippen LogP) is 19.2. The monoisotopic (exact) mass is 937 g/mol. The van der Waals surface area contributed by atoms with Crippen molar-refractivity contribution in [2.24, 2.45) is 0 Å². The fourth-order valence-corrected chi connectivity index (χ4v) is 8.19. The fraction of sp³-hybridized carbons (Fsp3) is 0.787. The van der Waals surface area contributed by atoms with Gasteiger partial charge in [0.15, 0.2) is 6.10 Å². The van der Waals surface area contributed by atoms with Crippen molar-refractivity contribution in [2.45, 2.75) is 297 Å². The van der Waals surface area contributed by atoms with Gasteiger partial charge in [0.2, 0.25) is 0 Å². The lowest BCUT2D eigenvalue weighted by molar-refractivity contribution is -0.167. The quantitative estimate of drug-likeness (QED) is 0.0262. The first-order valence-corrected chi connectivity index (χ1v) is 28.8. The largest absolute Gasteiger partial charge is 0.462 e. The Bertz CT molecular complexity index is 1210. The van der Waals surface area contributed by atoms with Crippen molar-refractivity contribution in [1.29, 1.82) is 0 Å². The zero-order valence-electron chi connectivity index (χ0n) is 44.4. The molecule has 0 amide bonds. The molecule has 0 heterocycles. The van der Waals surface area contributed by atoms with Crippen LogP contribution in [0.1, 0.15) is 290 Å². The molecule has 0 N–H and O–H groups in total. The van der Waals surface area contributed by atoms with Crippen molar-refractivity contribution < 1.29 is 28.6 Å². The molecule has 0 radical (unpaired) electrons. The highest BCUT2D eigenvalue weighted by molar-refractivity contribution is 5.71. The number of hydrogen-bond donors (Lipinski definition) is 0. The van der Waals surface area contributed by atoms with Crippen LogP contribution in [0.5, 0.6) is 0 Å². The van der Waals surface area contributed by atoms with Crippen LogP contribution >= 0.6 is 0 Å². The van der Waals surface area contributed by atoms with E-state index < -0.39 is 6.10 Å². The maximum atomic E-state index is 12.8. The summed E-state index contributed by atoms with van der Waals surface area (Å²) in [6, 6.07) is 0. The predicted molar refractivity (Wildman–Crippen MR) is 288 cm³/mol. The summed E-state index contributed by atoms with van der Waals surface area (Å²) >= 11 is 0. The molecule has 0 unspecified atom stereocenters. The summed E-state index contributed by atoms with van der Waals surface area (Å²) in [6.07, 6.45) is 69.2. The van der Waals surface area contributed by atoms with E-state index in [-0.39, 0.29) is 31.1 Å². The molecule has 0 aromatic rings. The minimum absolute atomic E-state index is 0.0800. The highest BCUT2D eigenvalue weighted by Gasteiger charge is 2.19. The normalized spacial score (nSPS) is 12.5. The number of carbonyl (C=O) groups is 3. The van der Waals surface area contributed by atoms with E-state index in [1.165, 1.54) is 148 Å². The fourth-order valence-electron chi connectivity index (χ4n) is 8.19. The van der Waals surface area contributed by atoms with E-state index in [1.54, 1.807) is 0 Å². The molecule has 0 spiro atoms. The second-order valence-corrected chi connectivity index (χ2v) is 19.2. The van der Waals surface area contributed by atoms with Gasteiger partial charge >= 0.3 is 17.9 Å². The first-order chi connectivity index (χ1) is 33.0. The standard InChI is InChI=1S/C61H108O6/c1-4-7-10-13-16-19-22-25-28-29-30-31-34-36-39-42-45-48-51-54-60(63)66-57-58(67-61(64)55-52-49-46-43-40-37-33-27-24-21-18-15-12-9-6-3)56-65-59(62)53-50-47-44-41-38-35-32-26-23-20-17-14-11-8-5-2/h9,12,16,18-19,21,25,27-28,33,58H,4-8,10-11,13-15,17,20,22-24,26,29-32,34-57H2,1-3H3/b12-9-,19-16-,21-18-,28-25-,33-27-/t58-/m1/s1.